The maximum Gasteiger partial charge on any atom is 0.247 e. The molecule has 1 fully saturated rings. The molecule has 1 atom stereocenters. The third-order valence-corrected chi connectivity index (χ3v) is 6.05. The van der Waals surface area contributed by atoms with E-state index in [1.807, 2.05) is 6.92 Å². The van der Waals surface area contributed by atoms with Crippen LogP contribution in [0.5, 0.6) is 11.5 Å². The van der Waals surface area contributed by atoms with Crippen molar-refractivity contribution in [2.24, 2.45) is 0 Å². The summed E-state index contributed by atoms with van der Waals surface area (Å²) in [5.41, 5.74) is 0.619. The van der Waals surface area contributed by atoms with Gasteiger partial charge in [-0.25, -0.2) is 0 Å². The molecule has 0 aliphatic heterocycles. The van der Waals surface area contributed by atoms with Crippen LogP contribution in [0.4, 0.5) is 0 Å². The van der Waals surface area contributed by atoms with Gasteiger partial charge in [0.25, 0.3) is 0 Å². The fraction of sp³-hybridized carbons (Fsp3) is 0.520. The molecule has 1 aromatic carbocycles. The van der Waals surface area contributed by atoms with E-state index in [2.05, 4.69) is 5.32 Å². The number of rotatable bonds is 11. The summed E-state index contributed by atoms with van der Waals surface area (Å²) < 4.78 is 16.8. The SMILES string of the molecule is CCCOc1ccc([C@H](C(=O)NC2CCCCC2)N(Cc2ccco2)C(=O)CCl)cc1OC. The summed E-state index contributed by atoms with van der Waals surface area (Å²) in [6.45, 7) is 2.70. The smallest absolute Gasteiger partial charge is 0.247 e. The molecule has 7 nitrogen and oxygen atoms in total. The molecule has 3 rings (SSSR count). The monoisotopic (exact) mass is 476 g/mol. The molecule has 2 aromatic rings. The number of methoxy groups -OCH3 is 1. The lowest BCUT2D eigenvalue weighted by Crippen LogP contribution is -2.47. The van der Waals surface area contributed by atoms with Crippen LogP contribution in [0.1, 0.15) is 62.8 Å². The van der Waals surface area contributed by atoms with Crippen LogP contribution in [0.15, 0.2) is 41.0 Å². The molecular weight excluding hydrogens is 444 g/mol. The fourth-order valence-electron chi connectivity index (χ4n) is 4.16. The van der Waals surface area contributed by atoms with E-state index in [1.165, 1.54) is 11.3 Å². The van der Waals surface area contributed by atoms with Gasteiger partial charge < -0.3 is 24.1 Å². The predicted molar refractivity (Wildman–Crippen MR) is 127 cm³/mol. The van der Waals surface area contributed by atoms with E-state index in [4.69, 9.17) is 25.5 Å². The molecule has 0 spiro atoms. The topological polar surface area (TPSA) is 81.0 Å². The number of halogens is 1. The first kappa shape index (κ1) is 25.0. The first-order valence-electron chi connectivity index (χ1n) is 11.6. The van der Waals surface area contributed by atoms with Gasteiger partial charge in [0, 0.05) is 6.04 Å². The van der Waals surface area contributed by atoms with Gasteiger partial charge >= 0.3 is 0 Å². The number of nitrogens with one attached hydrogen (secondary N) is 1. The van der Waals surface area contributed by atoms with E-state index in [1.54, 1.807) is 43.7 Å². The minimum Gasteiger partial charge on any atom is -0.493 e. The Morgan fingerprint density at radius 1 is 1.21 bits per heavy atom. The summed E-state index contributed by atoms with van der Waals surface area (Å²) >= 11 is 5.96. The summed E-state index contributed by atoms with van der Waals surface area (Å²) in [5, 5.41) is 3.16. The molecule has 0 bridgehead atoms. The van der Waals surface area contributed by atoms with Gasteiger partial charge in [-0.05, 0) is 49.1 Å². The zero-order valence-corrected chi connectivity index (χ0v) is 20.1. The van der Waals surface area contributed by atoms with Crippen LogP contribution in [0.3, 0.4) is 0 Å². The molecule has 1 aliphatic carbocycles. The Balaban J connectivity index is 1.97. The highest BCUT2D eigenvalue weighted by molar-refractivity contribution is 6.27. The average Bonchev–Trinajstić information content (AvgIpc) is 3.36. The Morgan fingerprint density at radius 2 is 2.00 bits per heavy atom. The standard InChI is InChI=1S/C25H33ClN2O5/c1-3-13-33-21-12-11-18(15-22(21)31-2)24(25(30)27-19-8-5-4-6-9-19)28(23(29)16-26)17-20-10-7-14-32-20/h7,10-12,14-15,19,24H,3-6,8-9,13,16-17H2,1-2H3,(H,27,30)/t24-/m1/s1. The molecule has 0 radical (unpaired) electrons. The number of furan rings is 1. The molecule has 1 aromatic heterocycles. The van der Waals surface area contributed by atoms with Crippen LogP contribution >= 0.6 is 11.6 Å². The second kappa shape index (κ2) is 12.5. The summed E-state index contributed by atoms with van der Waals surface area (Å²) in [6, 6.07) is 8.06. The average molecular weight is 477 g/mol. The number of benzene rings is 1. The quantitative estimate of drug-likeness (QED) is 0.469. The molecule has 33 heavy (non-hydrogen) atoms. The second-order valence-electron chi connectivity index (χ2n) is 8.24. The van der Waals surface area contributed by atoms with E-state index in [0.29, 0.717) is 29.4 Å². The number of carbonyl (C=O) groups excluding carboxylic acids is 2. The predicted octanol–water partition coefficient (Wildman–Crippen LogP) is 4.83. The number of amides is 2. The minimum atomic E-state index is -0.891. The maximum atomic E-state index is 13.6. The number of ether oxygens (including phenoxy) is 2. The van der Waals surface area contributed by atoms with Crippen LogP contribution in [0, 0.1) is 0 Å². The van der Waals surface area contributed by atoms with Crippen molar-refractivity contribution in [2.75, 3.05) is 19.6 Å². The molecule has 1 aliphatic rings. The van der Waals surface area contributed by atoms with Crippen LogP contribution < -0.4 is 14.8 Å². The van der Waals surface area contributed by atoms with Gasteiger partial charge in [-0.2, -0.15) is 0 Å². The number of hydrogen-bond acceptors (Lipinski definition) is 5. The van der Waals surface area contributed by atoms with Crippen molar-refractivity contribution in [3.8, 4) is 11.5 Å². The highest BCUT2D eigenvalue weighted by Gasteiger charge is 2.33. The molecule has 2 amide bonds. The Labute approximate surface area is 200 Å². The second-order valence-corrected chi connectivity index (χ2v) is 8.51. The van der Waals surface area contributed by atoms with Gasteiger partial charge in [0.15, 0.2) is 11.5 Å². The van der Waals surface area contributed by atoms with E-state index < -0.39 is 6.04 Å². The lowest BCUT2D eigenvalue weighted by molar-refractivity contribution is -0.140. The van der Waals surface area contributed by atoms with Gasteiger partial charge in [-0.15, -0.1) is 11.6 Å². The van der Waals surface area contributed by atoms with E-state index in [9.17, 15) is 9.59 Å². The summed E-state index contributed by atoms with van der Waals surface area (Å²) in [6.07, 6.45) is 7.63. The Bertz CT molecular complexity index is 896. The third-order valence-electron chi connectivity index (χ3n) is 5.82. The summed E-state index contributed by atoms with van der Waals surface area (Å²) in [5.74, 6) is 0.823. The molecular formula is C25H33ClN2O5. The molecule has 0 unspecified atom stereocenters. The van der Waals surface area contributed by atoms with Crippen molar-refractivity contribution in [2.45, 2.75) is 64.1 Å². The van der Waals surface area contributed by atoms with E-state index in [0.717, 1.165) is 32.1 Å². The zero-order valence-electron chi connectivity index (χ0n) is 19.3. The number of alkyl halides is 1. The first-order chi connectivity index (χ1) is 16.1. The van der Waals surface area contributed by atoms with Crippen molar-refractivity contribution >= 4 is 23.4 Å². The fourth-order valence-corrected chi connectivity index (χ4v) is 4.31. The Hall–Kier alpha value is -2.67. The lowest BCUT2D eigenvalue weighted by Gasteiger charge is -2.33. The molecule has 180 valence electrons. The largest absolute Gasteiger partial charge is 0.493 e. The van der Waals surface area contributed by atoms with Gasteiger partial charge in [0.1, 0.15) is 17.7 Å². The van der Waals surface area contributed by atoms with Crippen molar-refractivity contribution in [3.63, 3.8) is 0 Å². The van der Waals surface area contributed by atoms with E-state index >= 15 is 0 Å². The van der Waals surface area contributed by atoms with Crippen molar-refractivity contribution < 1.29 is 23.5 Å². The maximum absolute atomic E-state index is 13.6. The van der Waals surface area contributed by atoms with Crippen molar-refractivity contribution in [1.29, 1.82) is 0 Å². The van der Waals surface area contributed by atoms with Crippen LogP contribution in [0.25, 0.3) is 0 Å². The van der Waals surface area contributed by atoms with Gasteiger partial charge in [-0.1, -0.05) is 32.3 Å². The normalized spacial score (nSPS) is 15.0. The summed E-state index contributed by atoms with van der Waals surface area (Å²) in [4.78, 5) is 28.0. The summed E-state index contributed by atoms with van der Waals surface area (Å²) in [7, 11) is 1.56. The molecule has 1 saturated carbocycles. The third kappa shape index (κ3) is 6.67. The minimum absolute atomic E-state index is 0.0966. The molecule has 8 heteroatoms. The Morgan fingerprint density at radius 3 is 2.64 bits per heavy atom. The first-order valence-corrected chi connectivity index (χ1v) is 12.1. The highest BCUT2D eigenvalue weighted by Crippen LogP contribution is 2.34. The van der Waals surface area contributed by atoms with Crippen LogP contribution in [-0.4, -0.2) is 42.4 Å². The van der Waals surface area contributed by atoms with Gasteiger partial charge in [0.05, 0.1) is 26.5 Å². The highest BCUT2D eigenvalue weighted by atomic mass is 35.5. The molecule has 1 heterocycles. The van der Waals surface area contributed by atoms with Crippen molar-refractivity contribution in [3.05, 3.63) is 47.9 Å². The van der Waals surface area contributed by atoms with Crippen LogP contribution in [0.2, 0.25) is 0 Å². The van der Waals surface area contributed by atoms with Gasteiger partial charge in [-0.3, -0.25) is 9.59 Å². The van der Waals surface area contributed by atoms with Crippen molar-refractivity contribution in [1.82, 2.24) is 10.2 Å². The molecule has 1 N–H and O–H groups in total. The van der Waals surface area contributed by atoms with Gasteiger partial charge in [0.2, 0.25) is 11.8 Å². The van der Waals surface area contributed by atoms with E-state index in [-0.39, 0.29) is 30.3 Å². The Kier molecular flexibility index (Phi) is 9.48. The lowest BCUT2D eigenvalue weighted by atomic mass is 9.94. The zero-order chi connectivity index (χ0) is 23.6. The van der Waals surface area contributed by atoms with Crippen LogP contribution in [-0.2, 0) is 16.1 Å². The molecule has 0 saturated heterocycles. The number of nitrogens with zero attached hydrogens (tertiary/aromatic N) is 1. The number of hydrogen-bond donors (Lipinski definition) is 1. The number of carbonyl (C=O) groups is 2.